The van der Waals surface area contributed by atoms with Crippen LogP contribution in [0.4, 0.5) is 4.39 Å². The van der Waals surface area contributed by atoms with Crippen molar-refractivity contribution in [1.82, 2.24) is 9.88 Å². The molecule has 0 radical (unpaired) electrons. The Morgan fingerprint density at radius 3 is 2.31 bits per heavy atom. The minimum Gasteiger partial charge on any atom is -0.493 e. The van der Waals surface area contributed by atoms with E-state index >= 15 is 0 Å². The van der Waals surface area contributed by atoms with Gasteiger partial charge in [-0.25, -0.2) is 12.8 Å². The maximum atomic E-state index is 13.8. The normalized spacial score (nSPS) is 16.7. The Bertz CT molecular complexity index is 899. The van der Waals surface area contributed by atoms with E-state index in [4.69, 9.17) is 4.74 Å². The number of rotatable bonds is 7. The van der Waals surface area contributed by atoms with Crippen LogP contribution in [0.3, 0.4) is 0 Å². The highest BCUT2D eigenvalue weighted by Gasteiger charge is 2.25. The summed E-state index contributed by atoms with van der Waals surface area (Å²) in [6, 6.07) is 10.9. The van der Waals surface area contributed by atoms with Crippen LogP contribution in [0.5, 0.6) is 5.75 Å². The Kier molecular flexibility index (Phi) is 6.58. The molecular weight excluding hydrogens is 391 g/mol. The molecule has 1 aromatic heterocycles. The fourth-order valence-corrected chi connectivity index (χ4v) is 4.11. The Labute approximate surface area is 172 Å². The first-order chi connectivity index (χ1) is 13.6. The summed E-state index contributed by atoms with van der Waals surface area (Å²) in [4.78, 5) is 6.64. The molecule has 0 aliphatic carbocycles. The van der Waals surface area contributed by atoms with Gasteiger partial charge in [0.2, 0.25) is 0 Å². The van der Waals surface area contributed by atoms with E-state index in [9.17, 15) is 12.8 Å². The highest BCUT2D eigenvalue weighted by atomic mass is 32.2. The smallest absolute Gasteiger partial charge is 0.177 e. The van der Waals surface area contributed by atoms with Crippen molar-refractivity contribution in [3.63, 3.8) is 0 Å². The molecule has 2 heterocycles. The van der Waals surface area contributed by atoms with Crippen molar-refractivity contribution in [3.05, 3.63) is 42.6 Å². The predicted molar refractivity (Wildman–Crippen MR) is 113 cm³/mol. The highest BCUT2D eigenvalue weighted by Crippen LogP contribution is 2.24. The van der Waals surface area contributed by atoms with Gasteiger partial charge in [0, 0.05) is 24.6 Å². The zero-order valence-electron chi connectivity index (χ0n) is 17.3. The van der Waals surface area contributed by atoms with Crippen molar-refractivity contribution in [2.24, 2.45) is 5.92 Å². The maximum absolute atomic E-state index is 13.8. The average Bonchev–Trinajstić information content (AvgIpc) is 2.66. The van der Waals surface area contributed by atoms with Crippen LogP contribution in [0.2, 0.25) is 0 Å². The first-order valence-corrected chi connectivity index (χ1v) is 11.8. The van der Waals surface area contributed by atoms with Gasteiger partial charge in [-0.2, -0.15) is 0 Å². The van der Waals surface area contributed by atoms with Crippen molar-refractivity contribution in [2.45, 2.75) is 37.3 Å². The molecule has 1 fully saturated rings. The van der Waals surface area contributed by atoms with E-state index in [2.05, 4.69) is 9.88 Å². The van der Waals surface area contributed by atoms with Gasteiger partial charge in [0.05, 0.1) is 17.2 Å². The first-order valence-electron chi connectivity index (χ1n) is 9.91. The molecule has 158 valence electrons. The fraction of sp³-hybridized carbons (Fsp3) is 0.500. The van der Waals surface area contributed by atoms with Gasteiger partial charge in [-0.3, -0.25) is 4.98 Å². The Hall–Kier alpha value is -1.99. The summed E-state index contributed by atoms with van der Waals surface area (Å²) in [5, 5.41) is 0. The van der Waals surface area contributed by atoms with E-state index in [-0.39, 0.29) is 4.90 Å². The van der Waals surface area contributed by atoms with Gasteiger partial charge >= 0.3 is 0 Å². The zero-order valence-corrected chi connectivity index (χ0v) is 18.1. The third kappa shape index (κ3) is 6.51. The minimum atomic E-state index is -3.24. The lowest BCUT2D eigenvalue weighted by Gasteiger charge is -2.34. The third-order valence-electron chi connectivity index (χ3n) is 5.11. The zero-order chi connectivity index (χ0) is 21.1. The van der Waals surface area contributed by atoms with Crippen molar-refractivity contribution in [3.8, 4) is 17.0 Å². The lowest BCUT2D eigenvalue weighted by atomic mass is 9.97. The largest absolute Gasteiger partial charge is 0.493 e. The molecule has 0 bridgehead atoms. The summed E-state index contributed by atoms with van der Waals surface area (Å²) in [5.74, 6) is 1.28. The number of sulfone groups is 1. The number of hydrogen-bond acceptors (Lipinski definition) is 5. The molecule has 0 spiro atoms. The summed E-state index contributed by atoms with van der Waals surface area (Å²) in [6.07, 6.45) is 4.59. The number of aromatic nitrogens is 1. The SMILES string of the molecule is CC(C)(F)CN1CCC(COc2ccc(-c3ccc(S(C)(=O)=O)cn3)cc2)CC1. The number of nitrogens with zero attached hydrogens (tertiary/aromatic N) is 2. The van der Waals surface area contributed by atoms with Crippen LogP contribution in [0.1, 0.15) is 26.7 Å². The third-order valence-corrected chi connectivity index (χ3v) is 6.20. The fourth-order valence-electron chi connectivity index (χ4n) is 3.55. The van der Waals surface area contributed by atoms with E-state index in [1.54, 1.807) is 26.0 Å². The van der Waals surface area contributed by atoms with Gasteiger partial charge in [0.25, 0.3) is 0 Å². The van der Waals surface area contributed by atoms with Crippen LogP contribution < -0.4 is 4.74 Å². The molecule has 1 saturated heterocycles. The summed E-state index contributed by atoms with van der Waals surface area (Å²) < 4.78 is 42.8. The van der Waals surface area contributed by atoms with E-state index < -0.39 is 15.5 Å². The van der Waals surface area contributed by atoms with E-state index in [0.29, 0.717) is 24.8 Å². The lowest BCUT2D eigenvalue weighted by Crippen LogP contribution is -2.41. The quantitative estimate of drug-likeness (QED) is 0.678. The van der Waals surface area contributed by atoms with Gasteiger partial charge in [0.1, 0.15) is 11.4 Å². The summed E-state index contributed by atoms with van der Waals surface area (Å²) >= 11 is 0. The molecule has 5 nitrogen and oxygen atoms in total. The number of hydrogen-bond donors (Lipinski definition) is 0. The number of benzene rings is 1. The van der Waals surface area contributed by atoms with Crippen LogP contribution in [-0.2, 0) is 9.84 Å². The molecule has 0 unspecified atom stereocenters. The lowest BCUT2D eigenvalue weighted by molar-refractivity contribution is 0.0836. The van der Waals surface area contributed by atoms with Crippen molar-refractivity contribution in [2.75, 3.05) is 32.5 Å². The van der Waals surface area contributed by atoms with Crippen LogP contribution in [0.25, 0.3) is 11.3 Å². The molecule has 0 N–H and O–H groups in total. The van der Waals surface area contributed by atoms with Gasteiger partial charge in [-0.15, -0.1) is 0 Å². The second-order valence-electron chi connectivity index (χ2n) is 8.42. The number of pyridine rings is 1. The maximum Gasteiger partial charge on any atom is 0.177 e. The van der Waals surface area contributed by atoms with Crippen LogP contribution in [0, 0.1) is 5.92 Å². The van der Waals surface area contributed by atoms with Gasteiger partial charge in [0.15, 0.2) is 9.84 Å². The molecule has 0 atom stereocenters. The molecule has 2 aromatic rings. The van der Waals surface area contributed by atoms with Gasteiger partial charge < -0.3 is 9.64 Å². The molecule has 1 aliphatic heterocycles. The Morgan fingerprint density at radius 1 is 1.14 bits per heavy atom. The van der Waals surface area contributed by atoms with E-state index in [1.807, 2.05) is 24.3 Å². The monoisotopic (exact) mass is 420 g/mol. The van der Waals surface area contributed by atoms with Crippen molar-refractivity contribution >= 4 is 9.84 Å². The van der Waals surface area contributed by atoms with Crippen molar-refractivity contribution in [1.29, 1.82) is 0 Å². The minimum absolute atomic E-state index is 0.210. The second-order valence-corrected chi connectivity index (χ2v) is 10.4. The molecule has 7 heteroatoms. The summed E-state index contributed by atoms with van der Waals surface area (Å²) in [5.41, 5.74) is 0.470. The topological polar surface area (TPSA) is 59.5 Å². The van der Waals surface area contributed by atoms with Crippen LogP contribution in [0.15, 0.2) is 47.5 Å². The van der Waals surface area contributed by atoms with E-state index in [1.165, 1.54) is 12.5 Å². The summed E-state index contributed by atoms with van der Waals surface area (Å²) in [6.45, 7) is 6.22. The number of likely N-dealkylation sites (tertiary alicyclic amines) is 1. The van der Waals surface area contributed by atoms with Gasteiger partial charge in [-0.05, 0) is 82.1 Å². The Morgan fingerprint density at radius 2 is 1.79 bits per heavy atom. The molecule has 29 heavy (non-hydrogen) atoms. The first kappa shape index (κ1) is 21.7. The molecular formula is C22H29FN2O3S. The second kappa shape index (κ2) is 8.79. The standard InChI is InChI=1S/C22H29FN2O3S/c1-22(2,23)16-25-12-10-17(11-13-25)15-28-19-6-4-18(5-7-19)21-9-8-20(14-24-21)29(3,26)27/h4-9,14,17H,10-13,15-16H2,1-3H3. The number of piperidine rings is 1. The van der Waals surface area contributed by atoms with E-state index in [0.717, 1.165) is 37.2 Å². The number of halogens is 1. The number of alkyl halides is 1. The molecule has 3 rings (SSSR count). The predicted octanol–water partition coefficient (Wildman–Crippen LogP) is 3.99. The Balaban J connectivity index is 1.50. The van der Waals surface area contributed by atoms with Gasteiger partial charge in [-0.1, -0.05) is 0 Å². The highest BCUT2D eigenvalue weighted by molar-refractivity contribution is 7.90. The molecule has 0 amide bonds. The van der Waals surface area contributed by atoms with Crippen LogP contribution >= 0.6 is 0 Å². The molecule has 0 saturated carbocycles. The van der Waals surface area contributed by atoms with Crippen molar-refractivity contribution < 1.29 is 17.5 Å². The molecule has 1 aromatic carbocycles. The molecule has 1 aliphatic rings. The summed E-state index contributed by atoms with van der Waals surface area (Å²) in [7, 11) is -3.24. The number of ether oxygens (including phenoxy) is 1. The van der Waals surface area contributed by atoms with Crippen LogP contribution in [-0.4, -0.2) is 56.5 Å². The average molecular weight is 421 g/mol.